The third kappa shape index (κ3) is 9.24. The van der Waals surface area contributed by atoms with Gasteiger partial charge < -0.3 is 20.6 Å². The van der Waals surface area contributed by atoms with Gasteiger partial charge in [-0.15, -0.1) is 13.2 Å². The standard InChI is InChI=1S/C35H51N3O2.C5H10O/c1-10-12-15-24(22(3)11-2)20-29(39)32-30-28(35(30,8)9)21-38(32)33(40)31(36-23(4)37-34(5,6)7)27-18-25-16-13-14-17-26(25)19-27;1-2-3-4-5-6/h10,13-14,16-17,24,27-28,30-32,36-37H,1,3-4,11-12,15,18-21H2,2,5-9H3;2,6H,1,3-5H2. The lowest BCUT2D eigenvalue weighted by atomic mass is 9.85. The Labute approximate surface area is 279 Å². The van der Waals surface area contributed by atoms with Gasteiger partial charge in [0.15, 0.2) is 5.78 Å². The zero-order valence-electron chi connectivity index (χ0n) is 29.5. The van der Waals surface area contributed by atoms with Gasteiger partial charge in [-0.2, -0.15) is 0 Å². The third-order valence-corrected chi connectivity index (χ3v) is 10.3. The second-order valence-corrected chi connectivity index (χ2v) is 15.2. The van der Waals surface area contributed by atoms with Gasteiger partial charge in [-0.3, -0.25) is 9.59 Å². The maximum absolute atomic E-state index is 14.5. The number of amides is 1. The average molecular weight is 632 g/mol. The number of hydrogen-bond acceptors (Lipinski definition) is 5. The first-order valence-corrected chi connectivity index (χ1v) is 17.3. The quantitative estimate of drug-likeness (QED) is 0.133. The summed E-state index contributed by atoms with van der Waals surface area (Å²) in [5.41, 5.74) is 3.63. The molecule has 254 valence electrons. The van der Waals surface area contributed by atoms with Crippen LogP contribution in [0.5, 0.6) is 0 Å². The minimum atomic E-state index is -0.451. The van der Waals surface area contributed by atoms with Crippen LogP contribution in [0.25, 0.3) is 0 Å². The Hall–Kier alpha value is -3.12. The number of nitrogens with zero attached hydrogens (tertiary/aromatic N) is 1. The van der Waals surface area contributed by atoms with Crippen LogP contribution in [0.1, 0.15) is 91.2 Å². The Morgan fingerprint density at radius 1 is 1.09 bits per heavy atom. The highest BCUT2D eigenvalue weighted by atomic mass is 16.3. The first kappa shape index (κ1) is 37.3. The second kappa shape index (κ2) is 16.1. The highest BCUT2D eigenvalue weighted by Gasteiger charge is 2.69. The Morgan fingerprint density at radius 2 is 1.70 bits per heavy atom. The largest absolute Gasteiger partial charge is 0.396 e. The van der Waals surface area contributed by atoms with Crippen LogP contribution in [0, 0.1) is 29.1 Å². The molecule has 3 aliphatic rings. The highest BCUT2D eigenvalue weighted by Crippen LogP contribution is 2.65. The van der Waals surface area contributed by atoms with Crippen molar-refractivity contribution in [2.45, 2.75) is 111 Å². The van der Waals surface area contributed by atoms with Crippen molar-refractivity contribution in [2.75, 3.05) is 13.2 Å². The van der Waals surface area contributed by atoms with E-state index in [1.165, 1.54) is 11.1 Å². The van der Waals surface area contributed by atoms with Gasteiger partial charge in [-0.05, 0) is 106 Å². The maximum Gasteiger partial charge on any atom is 0.246 e. The Bertz CT molecular complexity index is 1230. The predicted molar refractivity (Wildman–Crippen MR) is 191 cm³/mol. The number of ketones is 1. The number of carbonyl (C=O) groups is 2. The van der Waals surface area contributed by atoms with Gasteiger partial charge in [0.25, 0.3) is 0 Å². The fraction of sp³-hybridized carbons (Fsp3) is 0.600. The van der Waals surface area contributed by atoms with Crippen LogP contribution in [0.3, 0.4) is 0 Å². The van der Waals surface area contributed by atoms with Gasteiger partial charge in [-0.1, -0.05) is 75.9 Å². The molecule has 0 bridgehead atoms. The number of fused-ring (bicyclic) bond motifs is 2. The number of rotatable bonds is 16. The average Bonchev–Trinajstić information content (AvgIpc) is 3.37. The van der Waals surface area contributed by atoms with Crippen LogP contribution in [-0.2, 0) is 22.4 Å². The molecular formula is C40H61N3O3. The van der Waals surface area contributed by atoms with E-state index in [1.54, 1.807) is 6.08 Å². The lowest BCUT2D eigenvalue weighted by molar-refractivity contribution is -0.142. The van der Waals surface area contributed by atoms with Crippen molar-refractivity contribution in [2.24, 2.45) is 29.1 Å². The lowest BCUT2D eigenvalue weighted by Gasteiger charge is -2.37. The van der Waals surface area contributed by atoms with Crippen molar-refractivity contribution in [1.29, 1.82) is 0 Å². The van der Waals surface area contributed by atoms with E-state index < -0.39 is 6.04 Å². The maximum atomic E-state index is 14.5. The van der Waals surface area contributed by atoms with E-state index in [-0.39, 0.29) is 53.0 Å². The highest BCUT2D eigenvalue weighted by molar-refractivity contribution is 5.93. The summed E-state index contributed by atoms with van der Waals surface area (Å²) in [6.45, 7) is 29.7. The fourth-order valence-electron chi connectivity index (χ4n) is 7.61. The third-order valence-electron chi connectivity index (χ3n) is 10.3. The van der Waals surface area contributed by atoms with Gasteiger partial charge >= 0.3 is 0 Å². The Morgan fingerprint density at radius 3 is 2.20 bits per heavy atom. The molecule has 1 aromatic carbocycles. The van der Waals surface area contributed by atoms with Gasteiger partial charge in [0, 0.05) is 25.1 Å². The molecule has 6 heteroatoms. The molecule has 5 atom stereocenters. The van der Waals surface area contributed by atoms with Crippen molar-refractivity contribution >= 4 is 11.7 Å². The molecule has 2 fully saturated rings. The van der Waals surface area contributed by atoms with E-state index in [0.717, 1.165) is 50.5 Å². The molecular weight excluding hydrogens is 570 g/mol. The number of aliphatic hydroxyl groups excluding tert-OH is 1. The summed E-state index contributed by atoms with van der Waals surface area (Å²) in [5.74, 6) is 1.69. The Balaban J connectivity index is 0.000000875. The molecule has 0 spiro atoms. The van der Waals surface area contributed by atoms with Crippen molar-refractivity contribution in [3.8, 4) is 0 Å². The molecule has 2 aliphatic carbocycles. The predicted octanol–water partition coefficient (Wildman–Crippen LogP) is 7.15. The molecule has 46 heavy (non-hydrogen) atoms. The molecule has 6 nitrogen and oxygen atoms in total. The summed E-state index contributed by atoms with van der Waals surface area (Å²) < 4.78 is 0. The number of likely N-dealkylation sites (tertiary alicyclic amines) is 1. The molecule has 3 N–H and O–H groups in total. The number of aliphatic hydroxyl groups is 1. The molecule has 0 aromatic heterocycles. The van der Waals surface area contributed by atoms with E-state index in [9.17, 15) is 9.59 Å². The number of piperidine rings is 1. The number of hydrogen-bond donors (Lipinski definition) is 3. The number of Topliss-reactive ketones (excluding diaryl/α,β-unsaturated/α-hetero) is 1. The molecule has 1 aliphatic heterocycles. The van der Waals surface area contributed by atoms with E-state index >= 15 is 0 Å². The Kier molecular flexibility index (Phi) is 13.1. The van der Waals surface area contributed by atoms with Crippen LogP contribution in [0.2, 0.25) is 0 Å². The topological polar surface area (TPSA) is 81.7 Å². The number of allylic oxidation sites excluding steroid dienone is 3. The molecule has 1 saturated heterocycles. The number of unbranched alkanes of at least 4 members (excludes halogenated alkanes) is 1. The smallest absolute Gasteiger partial charge is 0.246 e. The summed E-state index contributed by atoms with van der Waals surface area (Å²) in [7, 11) is 0. The fourth-order valence-corrected chi connectivity index (χ4v) is 7.61. The second-order valence-electron chi connectivity index (χ2n) is 15.2. The molecule has 1 amide bonds. The zero-order chi connectivity index (χ0) is 34.2. The molecule has 1 aromatic rings. The van der Waals surface area contributed by atoms with Crippen molar-refractivity contribution < 1.29 is 14.7 Å². The van der Waals surface area contributed by atoms with Gasteiger partial charge in [-0.25, -0.2) is 0 Å². The van der Waals surface area contributed by atoms with E-state index in [2.05, 4.69) is 103 Å². The number of carbonyl (C=O) groups excluding carboxylic acids is 2. The van der Waals surface area contributed by atoms with Crippen LogP contribution in [0.4, 0.5) is 0 Å². The number of nitrogens with one attached hydrogen (secondary N) is 2. The molecule has 5 unspecified atom stereocenters. The van der Waals surface area contributed by atoms with E-state index in [1.807, 2.05) is 11.0 Å². The van der Waals surface area contributed by atoms with Gasteiger partial charge in [0.2, 0.25) is 5.91 Å². The van der Waals surface area contributed by atoms with Crippen molar-refractivity contribution in [3.05, 3.63) is 85.3 Å². The van der Waals surface area contributed by atoms with Crippen LogP contribution in [0.15, 0.2) is 74.1 Å². The minimum Gasteiger partial charge on any atom is -0.396 e. The normalized spacial score (nSPS) is 22.3. The van der Waals surface area contributed by atoms with Crippen molar-refractivity contribution in [1.82, 2.24) is 15.5 Å². The number of benzene rings is 1. The molecule has 1 heterocycles. The van der Waals surface area contributed by atoms with Crippen molar-refractivity contribution in [3.63, 3.8) is 0 Å². The summed E-state index contributed by atoms with van der Waals surface area (Å²) in [6, 6.07) is 7.66. The minimum absolute atomic E-state index is 0.0352. The molecule has 1 saturated carbocycles. The monoisotopic (exact) mass is 631 g/mol. The van der Waals surface area contributed by atoms with Gasteiger partial charge in [0.05, 0.1) is 11.9 Å². The van der Waals surface area contributed by atoms with E-state index in [0.29, 0.717) is 24.7 Å². The SMILES string of the molecule is C=CCCC(CC(=O)C1C2C(CN1C(=O)C(NC(=C)NC(C)(C)C)C1Cc3ccccc3C1)C2(C)C)C(=C)CC.C=CCCCO. The van der Waals surface area contributed by atoms with Gasteiger partial charge in [0.1, 0.15) is 6.04 Å². The van der Waals surface area contributed by atoms with Crippen LogP contribution >= 0.6 is 0 Å². The lowest BCUT2D eigenvalue weighted by Crippen LogP contribution is -2.56. The van der Waals surface area contributed by atoms with Crippen LogP contribution < -0.4 is 10.6 Å². The molecule has 0 radical (unpaired) electrons. The first-order chi connectivity index (χ1) is 21.7. The van der Waals surface area contributed by atoms with E-state index in [4.69, 9.17) is 5.11 Å². The summed E-state index contributed by atoms with van der Waals surface area (Å²) in [4.78, 5) is 30.6. The first-order valence-electron chi connectivity index (χ1n) is 17.3. The molecule has 4 rings (SSSR count). The zero-order valence-corrected chi connectivity index (χ0v) is 29.5. The summed E-state index contributed by atoms with van der Waals surface area (Å²) >= 11 is 0. The summed E-state index contributed by atoms with van der Waals surface area (Å²) in [5, 5.41) is 15.1. The summed E-state index contributed by atoms with van der Waals surface area (Å²) in [6.07, 6.45) is 10.2. The van der Waals surface area contributed by atoms with Crippen LogP contribution in [-0.4, -0.2) is 52.5 Å².